The van der Waals surface area contributed by atoms with Crippen LogP contribution in [0.5, 0.6) is 0 Å². The molecule has 1 saturated heterocycles. The molecule has 2 rings (SSSR count). The molecule has 1 aliphatic heterocycles. The van der Waals surface area contributed by atoms with Crippen LogP contribution in [-0.2, 0) is 4.74 Å². The molecule has 4 heteroatoms. The van der Waals surface area contributed by atoms with Crippen molar-refractivity contribution in [3.05, 3.63) is 23.9 Å². The lowest BCUT2D eigenvalue weighted by atomic mass is 10.1. The molecule has 0 radical (unpaired) electrons. The van der Waals surface area contributed by atoms with Gasteiger partial charge in [0.15, 0.2) is 6.29 Å². The summed E-state index contributed by atoms with van der Waals surface area (Å²) in [6, 6.07) is 3.68. The van der Waals surface area contributed by atoms with E-state index in [1.807, 2.05) is 6.07 Å². The molecule has 1 atom stereocenters. The van der Waals surface area contributed by atoms with Crippen LogP contribution in [-0.4, -0.2) is 36.1 Å². The maximum absolute atomic E-state index is 10.6. The van der Waals surface area contributed by atoms with E-state index in [2.05, 4.69) is 30.7 Å². The van der Waals surface area contributed by atoms with Crippen molar-refractivity contribution in [1.29, 1.82) is 0 Å². The summed E-state index contributed by atoms with van der Waals surface area (Å²) in [7, 11) is 0. The second kappa shape index (κ2) is 4.45. The number of nitrogens with zero attached hydrogens (tertiary/aromatic N) is 2. The van der Waals surface area contributed by atoms with Gasteiger partial charge in [-0.05, 0) is 32.9 Å². The quantitative estimate of drug-likeness (QED) is 0.733. The third-order valence-electron chi connectivity index (χ3n) is 2.80. The fourth-order valence-electron chi connectivity index (χ4n) is 2.28. The number of hydrogen-bond acceptors (Lipinski definition) is 4. The smallest absolute Gasteiger partial charge is 0.151 e. The van der Waals surface area contributed by atoms with Crippen molar-refractivity contribution < 1.29 is 9.53 Å². The van der Waals surface area contributed by atoms with Crippen LogP contribution >= 0.6 is 0 Å². The highest BCUT2D eigenvalue weighted by molar-refractivity contribution is 5.74. The summed E-state index contributed by atoms with van der Waals surface area (Å²) in [5, 5.41) is 0. The second-order valence-corrected chi connectivity index (χ2v) is 5.14. The molecule has 1 aliphatic rings. The van der Waals surface area contributed by atoms with Crippen molar-refractivity contribution in [2.45, 2.75) is 32.5 Å². The minimum absolute atomic E-state index is 0.164. The van der Waals surface area contributed by atoms with E-state index in [1.54, 1.807) is 12.3 Å². The Kier molecular flexibility index (Phi) is 3.15. The number of aromatic nitrogens is 1. The van der Waals surface area contributed by atoms with Crippen LogP contribution in [0.3, 0.4) is 0 Å². The number of pyridine rings is 1. The topological polar surface area (TPSA) is 42.4 Å². The Morgan fingerprint density at radius 2 is 2.29 bits per heavy atom. The first-order valence-corrected chi connectivity index (χ1v) is 5.84. The van der Waals surface area contributed by atoms with Crippen LogP contribution in [0.25, 0.3) is 0 Å². The van der Waals surface area contributed by atoms with Gasteiger partial charge in [0.25, 0.3) is 0 Å². The molecule has 4 nitrogen and oxygen atoms in total. The molecule has 0 bridgehead atoms. The lowest BCUT2D eigenvalue weighted by molar-refractivity contribution is -0.0751. The first-order valence-electron chi connectivity index (χ1n) is 5.84. The summed E-state index contributed by atoms with van der Waals surface area (Å²) < 4.78 is 5.84. The van der Waals surface area contributed by atoms with E-state index in [0.717, 1.165) is 25.2 Å². The van der Waals surface area contributed by atoms with Crippen LogP contribution in [0, 0.1) is 0 Å². The zero-order chi connectivity index (χ0) is 12.5. The van der Waals surface area contributed by atoms with Gasteiger partial charge < -0.3 is 9.64 Å². The van der Waals surface area contributed by atoms with E-state index in [9.17, 15) is 4.79 Å². The van der Waals surface area contributed by atoms with Gasteiger partial charge in [0.2, 0.25) is 0 Å². The van der Waals surface area contributed by atoms with E-state index in [-0.39, 0.29) is 11.7 Å². The summed E-state index contributed by atoms with van der Waals surface area (Å²) >= 11 is 0. The van der Waals surface area contributed by atoms with Gasteiger partial charge in [-0.25, -0.2) is 4.98 Å². The predicted octanol–water partition coefficient (Wildman–Crippen LogP) is 1.90. The van der Waals surface area contributed by atoms with E-state index < -0.39 is 0 Å². The van der Waals surface area contributed by atoms with E-state index in [0.29, 0.717) is 5.56 Å². The van der Waals surface area contributed by atoms with Crippen LogP contribution in [0.4, 0.5) is 5.82 Å². The summed E-state index contributed by atoms with van der Waals surface area (Å²) in [6.07, 6.45) is 2.60. The molecule has 92 valence electrons. The van der Waals surface area contributed by atoms with Crippen molar-refractivity contribution in [3.8, 4) is 0 Å². The highest BCUT2D eigenvalue weighted by Gasteiger charge is 2.31. The summed E-state index contributed by atoms with van der Waals surface area (Å²) in [4.78, 5) is 17.1. The van der Waals surface area contributed by atoms with Crippen molar-refractivity contribution >= 4 is 12.1 Å². The number of ether oxygens (including phenoxy) is 1. The van der Waals surface area contributed by atoms with Crippen molar-refractivity contribution in [3.63, 3.8) is 0 Å². The van der Waals surface area contributed by atoms with Crippen LogP contribution in [0.15, 0.2) is 18.3 Å². The second-order valence-electron chi connectivity index (χ2n) is 5.14. The first-order chi connectivity index (χ1) is 8.00. The highest BCUT2D eigenvalue weighted by atomic mass is 16.5. The summed E-state index contributed by atoms with van der Waals surface area (Å²) in [5.74, 6) is 0.902. The fourth-order valence-corrected chi connectivity index (χ4v) is 2.28. The Morgan fingerprint density at radius 1 is 1.53 bits per heavy atom. The lowest BCUT2D eigenvalue weighted by Gasteiger charge is -2.42. The minimum atomic E-state index is -0.164. The molecule has 1 unspecified atom stereocenters. The normalized spacial score (nSPS) is 23.5. The number of carbonyl (C=O) groups excluding carboxylic acids is 1. The van der Waals surface area contributed by atoms with Crippen LogP contribution in [0.2, 0.25) is 0 Å². The number of rotatable bonds is 2. The molecular formula is C13H18N2O2. The molecule has 0 aromatic carbocycles. The lowest BCUT2D eigenvalue weighted by Crippen LogP contribution is -2.52. The molecule has 17 heavy (non-hydrogen) atoms. The number of carbonyl (C=O) groups is 1. The molecule has 1 fully saturated rings. The zero-order valence-corrected chi connectivity index (χ0v) is 10.5. The number of morpholine rings is 1. The molecule has 0 spiro atoms. The Balaban J connectivity index is 2.18. The third kappa shape index (κ3) is 2.82. The number of aldehydes is 1. The molecule has 0 saturated carbocycles. The van der Waals surface area contributed by atoms with Crippen LogP contribution in [0.1, 0.15) is 31.1 Å². The van der Waals surface area contributed by atoms with E-state index >= 15 is 0 Å². The Bertz CT molecular complexity index is 400. The average Bonchev–Trinajstić information content (AvgIpc) is 2.26. The molecule has 0 amide bonds. The highest BCUT2D eigenvalue weighted by Crippen LogP contribution is 2.24. The minimum Gasteiger partial charge on any atom is -0.369 e. The van der Waals surface area contributed by atoms with Gasteiger partial charge in [0, 0.05) is 24.8 Å². The zero-order valence-electron chi connectivity index (χ0n) is 10.5. The molecule has 0 aliphatic carbocycles. The standard InChI is InChI=1S/C13H18N2O2/c1-10-7-15(9-13(2,3)17-10)12-5-4-11(8-16)6-14-12/h4-6,8,10H,7,9H2,1-3H3. The number of anilines is 1. The van der Waals surface area contributed by atoms with Crippen molar-refractivity contribution in [2.24, 2.45) is 0 Å². The van der Waals surface area contributed by atoms with Crippen molar-refractivity contribution in [1.82, 2.24) is 4.98 Å². The molecule has 1 aromatic rings. The van der Waals surface area contributed by atoms with Gasteiger partial charge in [-0.1, -0.05) is 0 Å². The SMILES string of the molecule is CC1CN(c2ccc(C=O)cn2)CC(C)(C)O1. The average molecular weight is 234 g/mol. The van der Waals surface area contributed by atoms with Gasteiger partial charge in [0.1, 0.15) is 5.82 Å². The summed E-state index contributed by atoms with van der Waals surface area (Å²) in [6.45, 7) is 7.86. The molecule has 1 aromatic heterocycles. The van der Waals surface area contributed by atoms with E-state index in [4.69, 9.17) is 4.74 Å². The van der Waals surface area contributed by atoms with Gasteiger partial charge in [-0.2, -0.15) is 0 Å². The fraction of sp³-hybridized carbons (Fsp3) is 0.538. The maximum atomic E-state index is 10.6. The molecule has 0 N–H and O–H groups in total. The Morgan fingerprint density at radius 3 is 2.82 bits per heavy atom. The molecular weight excluding hydrogens is 216 g/mol. The predicted molar refractivity (Wildman–Crippen MR) is 66.5 cm³/mol. The third-order valence-corrected chi connectivity index (χ3v) is 2.80. The first kappa shape index (κ1) is 12.0. The largest absolute Gasteiger partial charge is 0.369 e. The van der Waals surface area contributed by atoms with Crippen LogP contribution < -0.4 is 4.90 Å². The van der Waals surface area contributed by atoms with Gasteiger partial charge in [-0.15, -0.1) is 0 Å². The maximum Gasteiger partial charge on any atom is 0.151 e. The Labute approximate surface area is 102 Å². The van der Waals surface area contributed by atoms with Gasteiger partial charge in [0.05, 0.1) is 11.7 Å². The van der Waals surface area contributed by atoms with Crippen molar-refractivity contribution in [2.75, 3.05) is 18.0 Å². The van der Waals surface area contributed by atoms with E-state index in [1.165, 1.54) is 0 Å². The summed E-state index contributed by atoms with van der Waals surface area (Å²) in [5.41, 5.74) is 0.442. The Hall–Kier alpha value is -1.42. The van der Waals surface area contributed by atoms with Gasteiger partial charge >= 0.3 is 0 Å². The van der Waals surface area contributed by atoms with Gasteiger partial charge in [-0.3, -0.25) is 4.79 Å². The number of hydrogen-bond donors (Lipinski definition) is 0. The monoisotopic (exact) mass is 234 g/mol. The molecule has 2 heterocycles.